The second kappa shape index (κ2) is 5.50. The smallest absolute Gasteiger partial charge is 0.252 e. The van der Waals surface area contributed by atoms with Gasteiger partial charge in [-0.05, 0) is 80.2 Å². The summed E-state index contributed by atoms with van der Waals surface area (Å²) in [5.74, 6) is 2.51. The number of amides is 2. The molecule has 4 bridgehead atoms. The van der Waals surface area contributed by atoms with Gasteiger partial charge < -0.3 is 16.2 Å². The van der Waals surface area contributed by atoms with Gasteiger partial charge >= 0.3 is 0 Å². The number of carbonyl (C=O) groups excluding carboxylic acids is 2. The summed E-state index contributed by atoms with van der Waals surface area (Å²) in [6.45, 7) is 1.73. The molecule has 4 aliphatic rings. The van der Waals surface area contributed by atoms with Crippen LogP contribution in [0, 0.1) is 30.6 Å². The minimum absolute atomic E-state index is 0.126. The van der Waals surface area contributed by atoms with E-state index in [1.807, 2.05) is 0 Å². The second-order valence-electron chi connectivity index (χ2n) is 7.94. The van der Waals surface area contributed by atoms with E-state index >= 15 is 0 Å². The average Bonchev–Trinajstić information content (AvgIpc) is 2.52. The Balaban J connectivity index is 1.84. The number of hydrogen-bond donors (Lipinski definition) is 3. The van der Waals surface area contributed by atoms with Crippen molar-refractivity contribution >= 4 is 18.0 Å². The predicted octanol–water partition coefficient (Wildman–Crippen LogP) is 2.91. The molecule has 1 aromatic carbocycles. The first-order valence-electron chi connectivity index (χ1n) is 8.86. The fourth-order valence-corrected chi connectivity index (χ4v) is 5.97. The van der Waals surface area contributed by atoms with E-state index in [1.54, 1.807) is 13.0 Å². The molecule has 4 N–H and O–H groups in total. The molecule has 5 heteroatoms. The summed E-state index contributed by atoms with van der Waals surface area (Å²) in [5, 5.41) is 13.1. The van der Waals surface area contributed by atoms with Gasteiger partial charge in [0.1, 0.15) is 5.75 Å². The van der Waals surface area contributed by atoms with Gasteiger partial charge in [0.25, 0.3) is 5.91 Å². The Kier molecular flexibility index (Phi) is 3.55. The maximum absolute atomic E-state index is 11.8. The standard InChI is InChI=1S/C19H24N2O3/c1-9-17(21-8-22)14(7-15(18(9)23)19(20)24)16-12-3-10-2-11(5-12)6-13(16)4-10/h7-8,10-13,16,23H,2-6H2,1H3,(H2,20,24)(H,21,22). The lowest BCUT2D eigenvalue weighted by Gasteiger charge is -2.55. The van der Waals surface area contributed by atoms with Crippen molar-refractivity contribution in [2.24, 2.45) is 29.4 Å². The number of hydrogen-bond acceptors (Lipinski definition) is 3. The van der Waals surface area contributed by atoms with Crippen LogP contribution in [0.15, 0.2) is 6.07 Å². The molecule has 0 aromatic heterocycles. The molecule has 0 spiro atoms. The van der Waals surface area contributed by atoms with Crippen molar-refractivity contribution in [3.8, 4) is 5.75 Å². The molecule has 4 fully saturated rings. The summed E-state index contributed by atoms with van der Waals surface area (Å²) >= 11 is 0. The number of benzene rings is 1. The minimum atomic E-state index is -0.627. The largest absolute Gasteiger partial charge is 0.507 e. The molecule has 1 aromatic rings. The molecule has 0 unspecified atom stereocenters. The van der Waals surface area contributed by atoms with Crippen molar-refractivity contribution in [1.82, 2.24) is 0 Å². The van der Waals surface area contributed by atoms with Crippen LogP contribution in [0.2, 0.25) is 0 Å². The summed E-state index contributed by atoms with van der Waals surface area (Å²) in [6, 6.07) is 1.73. The normalized spacial score (nSPS) is 33.5. The fourth-order valence-electron chi connectivity index (χ4n) is 5.97. The molecule has 0 atom stereocenters. The third-order valence-electron chi connectivity index (χ3n) is 6.63. The molecule has 0 radical (unpaired) electrons. The van der Waals surface area contributed by atoms with Crippen LogP contribution in [-0.4, -0.2) is 17.4 Å². The van der Waals surface area contributed by atoms with E-state index in [0.717, 1.165) is 17.4 Å². The SMILES string of the molecule is Cc1c(O)c(C(N)=O)cc(C2C3CC4CC(C3)CC2C4)c1NC=O. The molecule has 5 rings (SSSR count). The number of phenols is 1. The van der Waals surface area contributed by atoms with Crippen LogP contribution in [-0.2, 0) is 4.79 Å². The maximum Gasteiger partial charge on any atom is 0.252 e. The van der Waals surface area contributed by atoms with Crippen molar-refractivity contribution in [2.45, 2.75) is 44.9 Å². The Morgan fingerprint density at radius 1 is 1.21 bits per heavy atom. The molecule has 128 valence electrons. The molecule has 0 heterocycles. The monoisotopic (exact) mass is 328 g/mol. The number of rotatable bonds is 4. The lowest BCUT2D eigenvalue weighted by atomic mass is 9.50. The van der Waals surface area contributed by atoms with Crippen LogP contribution >= 0.6 is 0 Å². The minimum Gasteiger partial charge on any atom is -0.507 e. The molecular formula is C19H24N2O3. The molecule has 0 aliphatic heterocycles. The molecule has 2 amide bonds. The Labute approximate surface area is 141 Å². The van der Waals surface area contributed by atoms with E-state index in [2.05, 4.69) is 5.32 Å². The first kappa shape index (κ1) is 15.5. The van der Waals surface area contributed by atoms with Gasteiger partial charge in [0.05, 0.1) is 11.3 Å². The van der Waals surface area contributed by atoms with Crippen LogP contribution in [0.1, 0.15) is 59.5 Å². The van der Waals surface area contributed by atoms with Crippen molar-refractivity contribution < 1.29 is 14.7 Å². The highest BCUT2D eigenvalue weighted by Gasteiger charge is 2.49. The van der Waals surface area contributed by atoms with Gasteiger partial charge in [-0.1, -0.05) is 0 Å². The molecule has 4 saturated carbocycles. The van der Waals surface area contributed by atoms with Crippen molar-refractivity contribution in [2.75, 3.05) is 5.32 Å². The molecule has 5 nitrogen and oxygen atoms in total. The van der Waals surface area contributed by atoms with E-state index in [4.69, 9.17) is 5.73 Å². The quantitative estimate of drug-likeness (QED) is 0.742. The van der Waals surface area contributed by atoms with E-state index in [-0.39, 0.29) is 11.3 Å². The highest BCUT2D eigenvalue weighted by atomic mass is 16.3. The average molecular weight is 328 g/mol. The zero-order valence-electron chi connectivity index (χ0n) is 13.9. The maximum atomic E-state index is 11.8. The molecule has 4 aliphatic carbocycles. The zero-order chi connectivity index (χ0) is 17.0. The second-order valence-corrected chi connectivity index (χ2v) is 7.94. The van der Waals surface area contributed by atoms with Gasteiger partial charge in [-0.15, -0.1) is 0 Å². The van der Waals surface area contributed by atoms with Crippen molar-refractivity contribution in [3.63, 3.8) is 0 Å². The van der Waals surface area contributed by atoms with Gasteiger partial charge in [0.15, 0.2) is 0 Å². The van der Waals surface area contributed by atoms with E-state index in [0.29, 0.717) is 35.4 Å². The van der Waals surface area contributed by atoms with Gasteiger partial charge in [0, 0.05) is 5.56 Å². The van der Waals surface area contributed by atoms with E-state index in [9.17, 15) is 14.7 Å². The molecular weight excluding hydrogens is 304 g/mol. The first-order chi connectivity index (χ1) is 11.5. The first-order valence-corrected chi connectivity index (χ1v) is 8.86. The van der Waals surface area contributed by atoms with Gasteiger partial charge in [-0.25, -0.2) is 0 Å². The zero-order valence-corrected chi connectivity index (χ0v) is 13.9. The topological polar surface area (TPSA) is 92.4 Å². The number of nitrogens with two attached hydrogens (primary N) is 1. The van der Waals surface area contributed by atoms with E-state index < -0.39 is 5.91 Å². The highest BCUT2D eigenvalue weighted by molar-refractivity contribution is 5.98. The number of carbonyl (C=O) groups is 2. The van der Waals surface area contributed by atoms with Gasteiger partial charge in [-0.3, -0.25) is 9.59 Å². The van der Waals surface area contributed by atoms with Crippen LogP contribution in [0.5, 0.6) is 5.75 Å². The molecule has 0 saturated heterocycles. The van der Waals surface area contributed by atoms with E-state index in [1.165, 1.54) is 32.1 Å². The summed E-state index contributed by atoms with van der Waals surface area (Å²) in [7, 11) is 0. The van der Waals surface area contributed by atoms with Gasteiger partial charge in [0.2, 0.25) is 6.41 Å². The molecule has 24 heavy (non-hydrogen) atoms. The Morgan fingerprint density at radius 3 is 2.29 bits per heavy atom. The van der Waals surface area contributed by atoms with Crippen molar-refractivity contribution in [1.29, 1.82) is 0 Å². The highest BCUT2D eigenvalue weighted by Crippen LogP contribution is 2.61. The van der Waals surface area contributed by atoms with Crippen molar-refractivity contribution in [3.05, 3.63) is 22.8 Å². The van der Waals surface area contributed by atoms with Crippen LogP contribution < -0.4 is 11.1 Å². The lowest BCUT2D eigenvalue weighted by molar-refractivity contribution is -0.105. The Bertz CT molecular complexity index is 685. The number of primary amides is 1. The Hall–Kier alpha value is -2.04. The predicted molar refractivity (Wildman–Crippen MR) is 90.8 cm³/mol. The third kappa shape index (κ3) is 2.21. The summed E-state index contributed by atoms with van der Waals surface area (Å²) in [4.78, 5) is 22.9. The van der Waals surface area contributed by atoms with Crippen LogP contribution in [0.3, 0.4) is 0 Å². The summed E-state index contributed by atoms with van der Waals surface area (Å²) < 4.78 is 0. The van der Waals surface area contributed by atoms with Crippen LogP contribution in [0.4, 0.5) is 5.69 Å². The third-order valence-corrected chi connectivity index (χ3v) is 6.63. The number of aromatic hydroxyl groups is 1. The number of anilines is 1. The lowest BCUT2D eigenvalue weighted by Crippen LogP contribution is -2.44. The Morgan fingerprint density at radius 2 is 1.79 bits per heavy atom. The number of nitrogens with one attached hydrogen (secondary N) is 1. The fraction of sp³-hybridized carbons (Fsp3) is 0.579. The summed E-state index contributed by atoms with van der Waals surface area (Å²) in [5.41, 5.74) is 7.80. The summed E-state index contributed by atoms with van der Waals surface area (Å²) in [6.07, 6.45) is 6.98. The van der Waals surface area contributed by atoms with Gasteiger partial charge in [-0.2, -0.15) is 0 Å². The van der Waals surface area contributed by atoms with Crippen LogP contribution in [0.25, 0.3) is 0 Å².